The Morgan fingerprint density at radius 1 is 1.33 bits per heavy atom. The molecule has 1 aromatic rings. The average Bonchev–Trinajstić information content (AvgIpc) is 3.08. The Labute approximate surface area is 133 Å². The highest BCUT2D eigenvalue weighted by Gasteiger charge is 2.39. The molecule has 4 unspecified atom stereocenters. The van der Waals surface area contributed by atoms with Crippen LogP contribution in [-0.4, -0.2) is 13.2 Å². The predicted octanol–water partition coefficient (Wildman–Crippen LogP) is 4.83. The molecule has 0 saturated heterocycles. The van der Waals surface area contributed by atoms with Crippen molar-refractivity contribution in [3.8, 4) is 5.75 Å². The van der Waals surface area contributed by atoms with Crippen molar-refractivity contribution in [2.75, 3.05) is 13.2 Å². The Balaban J connectivity index is 1.66. The van der Waals surface area contributed by atoms with Gasteiger partial charge < -0.3 is 10.1 Å². The first-order valence-electron chi connectivity index (χ1n) is 8.33. The number of hydrogen-bond donors (Lipinski definition) is 1. The molecular weight excluding hydrogens is 282 g/mol. The van der Waals surface area contributed by atoms with Crippen molar-refractivity contribution in [3.63, 3.8) is 0 Å². The van der Waals surface area contributed by atoms with Gasteiger partial charge in [0.1, 0.15) is 5.75 Å². The van der Waals surface area contributed by atoms with Gasteiger partial charge in [-0.3, -0.25) is 0 Å². The number of rotatable bonds is 6. The molecule has 2 bridgehead atoms. The average molecular weight is 308 g/mol. The third-order valence-corrected chi connectivity index (χ3v) is 5.52. The molecule has 2 fully saturated rings. The Bertz CT molecular complexity index is 490. The Morgan fingerprint density at radius 3 is 2.86 bits per heavy atom. The second kappa shape index (κ2) is 6.58. The number of benzene rings is 1. The van der Waals surface area contributed by atoms with E-state index in [0.717, 1.165) is 41.7 Å². The zero-order chi connectivity index (χ0) is 14.8. The van der Waals surface area contributed by atoms with Crippen molar-refractivity contribution in [3.05, 3.63) is 28.8 Å². The third-order valence-electron chi connectivity index (χ3n) is 5.29. The van der Waals surface area contributed by atoms with Gasteiger partial charge in [-0.1, -0.05) is 24.9 Å². The molecular formula is C18H26ClNO. The van der Waals surface area contributed by atoms with Gasteiger partial charge in [0, 0.05) is 16.6 Å². The zero-order valence-corrected chi connectivity index (χ0v) is 13.8. The van der Waals surface area contributed by atoms with Crippen molar-refractivity contribution in [2.24, 2.45) is 17.8 Å². The van der Waals surface area contributed by atoms with Crippen LogP contribution in [0.5, 0.6) is 5.75 Å². The minimum absolute atomic E-state index is 0.267. The van der Waals surface area contributed by atoms with Crippen LogP contribution in [0.15, 0.2) is 18.2 Å². The standard InChI is InChI=1S/C18H26ClNO/c1-3-20-12(2)17-10-16(19)6-7-18(17)21-11-15-9-13-4-5-14(15)8-13/h6-7,10,12-15,20H,3-5,8-9,11H2,1-2H3. The first-order valence-corrected chi connectivity index (χ1v) is 8.70. The van der Waals surface area contributed by atoms with Crippen molar-refractivity contribution >= 4 is 11.6 Å². The smallest absolute Gasteiger partial charge is 0.124 e. The Kier molecular flexibility index (Phi) is 4.75. The second-order valence-corrected chi connectivity index (χ2v) is 7.14. The third kappa shape index (κ3) is 3.37. The van der Waals surface area contributed by atoms with Gasteiger partial charge >= 0.3 is 0 Å². The van der Waals surface area contributed by atoms with E-state index in [9.17, 15) is 0 Å². The molecule has 2 nitrogen and oxygen atoms in total. The van der Waals surface area contributed by atoms with E-state index in [-0.39, 0.29) is 6.04 Å². The summed E-state index contributed by atoms with van der Waals surface area (Å²) in [6, 6.07) is 6.26. The van der Waals surface area contributed by atoms with E-state index in [4.69, 9.17) is 16.3 Å². The van der Waals surface area contributed by atoms with E-state index in [0.29, 0.717) is 0 Å². The van der Waals surface area contributed by atoms with Crippen LogP contribution in [0, 0.1) is 17.8 Å². The van der Waals surface area contributed by atoms with E-state index >= 15 is 0 Å². The first-order chi connectivity index (χ1) is 10.2. The lowest BCUT2D eigenvalue weighted by atomic mass is 9.89. The van der Waals surface area contributed by atoms with Crippen molar-refractivity contribution in [1.82, 2.24) is 5.32 Å². The molecule has 2 aliphatic rings. The molecule has 0 aliphatic heterocycles. The fourth-order valence-corrected chi connectivity index (χ4v) is 4.36. The maximum absolute atomic E-state index is 6.20. The molecule has 0 spiro atoms. The SMILES string of the molecule is CCNC(C)c1cc(Cl)ccc1OCC1CC2CCC1C2. The summed E-state index contributed by atoms with van der Waals surface area (Å²) in [5, 5.41) is 4.23. The molecule has 21 heavy (non-hydrogen) atoms. The molecule has 1 N–H and O–H groups in total. The highest BCUT2D eigenvalue weighted by molar-refractivity contribution is 6.30. The number of ether oxygens (including phenoxy) is 1. The summed E-state index contributed by atoms with van der Waals surface area (Å²) in [6.45, 7) is 6.10. The van der Waals surface area contributed by atoms with Crippen molar-refractivity contribution in [1.29, 1.82) is 0 Å². The van der Waals surface area contributed by atoms with Gasteiger partial charge in [0.2, 0.25) is 0 Å². The summed E-state index contributed by atoms with van der Waals surface area (Å²) in [5.41, 5.74) is 1.17. The lowest BCUT2D eigenvalue weighted by Crippen LogP contribution is -2.21. The summed E-state index contributed by atoms with van der Waals surface area (Å²) in [5.74, 6) is 3.66. The second-order valence-electron chi connectivity index (χ2n) is 6.71. The maximum Gasteiger partial charge on any atom is 0.124 e. The molecule has 0 aromatic heterocycles. The van der Waals surface area contributed by atoms with E-state index in [2.05, 4.69) is 19.2 Å². The maximum atomic E-state index is 6.20. The molecule has 116 valence electrons. The molecule has 3 rings (SSSR count). The molecule has 0 radical (unpaired) electrons. The van der Waals surface area contributed by atoms with Gasteiger partial charge in [-0.25, -0.2) is 0 Å². The summed E-state index contributed by atoms with van der Waals surface area (Å²) in [7, 11) is 0. The summed E-state index contributed by atoms with van der Waals surface area (Å²) in [6.07, 6.45) is 5.68. The number of fused-ring (bicyclic) bond motifs is 2. The zero-order valence-electron chi connectivity index (χ0n) is 13.1. The highest BCUT2D eigenvalue weighted by Crippen LogP contribution is 2.48. The lowest BCUT2D eigenvalue weighted by molar-refractivity contribution is 0.193. The number of halogens is 1. The molecule has 3 heteroatoms. The summed E-state index contributed by atoms with van der Waals surface area (Å²) < 4.78 is 6.20. The Hall–Kier alpha value is -0.730. The molecule has 1 aromatic carbocycles. The monoisotopic (exact) mass is 307 g/mol. The van der Waals surface area contributed by atoms with Crippen LogP contribution < -0.4 is 10.1 Å². The topological polar surface area (TPSA) is 21.3 Å². The van der Waals surface area contributed by atoms with Crippen LogP contribution in [0.25, 0.3) is 0 Å². The van der Waals surface area contributed by atoms with Gasteiger partial charge in [-0.2, -0.15) is 0 Å². The first kappa shape index (κ1) is 15.2. The molecule has 2 aliphatic carbocycles. The van der Waals surface area contributed by atoms with Crippen LogP contribution in [0.4, 0.5) is 0 Å². The minimum Gasteiger partial charge on any atom is -0.493 e. The van der Waals surface area contributed by atoms with Crippen molar-refractivity contribution < 1.29 is 4.74 Å². The largest absolute Gasteiger partial charge is 0.493 e. The van der Waals surface area contributed by atoms with Gasteiger partial charge in [-0.15, -0.1) is 0 Å². The molecule has 2 saturated carbocycles. The molecule has 4 atom stereocenters. The fourth-order valence-electron chi connectivity index (χ4n) is 4.18. The van der Waals surface area contributed by atoms with E-state index in [1.807, 2.05) is 18.2 Å². The van der Waals surface area contributed by atoms with E-state index < -0.39 is 0 Å². The van der Waals surface area contributed by atoms with Crippen LogP contribution in [0.3, 0.4) is 0 Å². The van der Waals surface area contributed by atoms with Crippen LogP contribution >= 0.6 is 11.6 Å². The van der Waals surface area contributed by atoms with Crippen LogP contribution in [0.1, 0.15) is 51.1 Å². The van der Waals surface area contributed by atoms with Crippen molar-refractivity contribution in [2.45, 2.75) is 45.6 Å². The van der Waals surface area contributed by atoms with E-state index in [1.54, 1.807) is 0 Å². The number of nitrogens with one attached hydrogen (secondary N) is 1. The van der Waals surface area contributed by atoms with Gasteiger partial charge in [0.25, 0.3) is 0 Å². The van der Waals surface area contributed by atoms with Crippen LogP contribution in [-0.2, 0) is 0 Å². The lowest BCUT2D eigenvalue weighted by Gasteiger charge is -2.24. The van der Waals surface area contributed by atoms with Gasteiger partial charge in [-0.05, 0) is 68.7 Å². The van der Waals surface area contributed by atoms with Gasteiger partial charge in [0.15, 0.2) is 0 Å². The fraction of sp³-hybridized carbons (Fsp3) is 0.667. The minimum atomic E-state index is 0.267. The van der Waals surface area contributed by atoms with E-state index in [1.165, 1.54) is 31.2 Å². The normalized spacial score (nSPS) is 28.8. The highest BCUT2D eigenvalue weighted by atomic mass is 35.5. The van der Waals surface area contributed by atoms with Crippen LogP contribution in [0.2, 0.25) is 5.02 Å². The molecule has 0 amide bonds. The summed E-state index contributed by atoms with van der Waals surface area (Å²) >= 11 is 6.16. The number of hydrogen-bond acceptors (Lipinski definition) is 2. The molecule has 0 heterocycles. The van der Waals surface area contributed by atoms with Gasteiger partial charge in [0.05, 0.1) is 6.61 Å². The quantitative estimate of drug-likeness (QED) is 0.813. The predicted molar refractivity (Wildman–Crippen MR) is 88.0 cm³/mol. The summed E-state index contributed by atoms with van der Waals surface area (Å²) in [4.78, 5) is 0. The Morgan fingerprint density at radius 2 is 2.19 bits per heavy atom.